The highest BCUT2D eigenvalue weighted by Gasteiger charge is 2.35. The van der Waals surface area contributed by atoms with E-state index in [1.165, 1.54) is 6.07 Å². The topological polar surface area (TPSA) is 9.23 Å². The van der Waals surface area contributed by atoms with Gasteiger partial charge in [-0.05, 0) is 18.1 Å². The van der Waals surface area contributed by atoms with Gasteiger partial charge in [-0.1, -0.05) is 6.07 Å². The van der Waals surface area contributed by atoms with Crippen molar-refractivity contribution in [3.8, 4) is 0 Å². The van der Waals surface area contributed by atoms with Gasteiger partial charge in [-0.15, -0.1) is 0 Å². The van der Waals surface area contributed by atoms with Gasteiger partial charge in [0.15, 0.2) is 0 Å². The lowest BCUT2D eigenvalue weighted by Gasteiger charge is -2.19. The van der Waals surface area contributed by atoms with E-state index in [1.54, 1.807) is 0 Å². The Hall–Kier alpha value is -1.10. The van der Waals surface area contributed by atoms with E-state index in [0.717, 1.165) is 6.07 Å². The molecule has 1 heterocycles. The molecule has 0 saturated heterocycles. The molecule has 0 spiro atoms. The van der Waals surface area contributed by atoms with E-state index >= 15 is 0 Å². The van der Waals surface area contributed by atoms with Gasteiger partial charge in [0.2, 0.25) is 0 Å². The molecule has 0 aliphatic carbocycles. The molecule has 0 atom stereocenters. The number of hydrogen-bond donors (Lipinski definition) is 0. The van der Waals surface area contributed by atoms with Crippen LogP contribution in [-0.2, 0) is 23.9 Å². The summed E-state index contributed by atoms with van der Waals surface area (Å²) in [7, 11) is 0. The molecule has 1 aromatic carbocycles. The largest absolute Gasteiger partial charge is 0.419 e. The third-order valence-electron chi connectivity index (χ3n) is 2.41. The first-order valence-corrected chi connectivity index (χ1v) is 4.45. The Morgan fingerprint density at radius 1 is 1.20 bits per heavy atom. The van der Waals surface area contributed by atoms with Gasteiger partial charge in [0.05, 0.1) is 18.8 Å². The summed E-state index contributed by atoms with van der Waals surface area (Å²) >= 11 is 0. The molecule has 0 fully saturated rings. The molecule has 1 aliphatic heterocycles. The van der Waals surface area contributed by atoms with E-state index in [4.69, 9.17) is 4.74 Å². The van der Waals surface area contributed by atoms with E-state index in [1.807, 2.05) is 0 Å². The predicted octanol–water partition coefficient (Wildman–Crippen LogP) is 2.92. The second-order valence-corrected chi connectivity index (χ2v) is 3.37. The average molecular weight is 220 g/mol. The van der Waals surface area contributed by atoms with Gasteiger partial charge in [-0.2, -0.15) is 13.2 Å². The van der Waals surface area contributed by atoms with Gasteiger partial charge in [0, 0.05) is 5.56 Å². The highest BCUT2D eigenvalue weighted by molar-refractivity contribution is 5.36. The van der Waals surface area contributed by atoms with Gasteiger partial charge >= 0.3 is 6.18 Å². The predicted molar refractivity (Wildman–Crippen MR) is 44.8 cm³/mol. The van der Waals surface area contributed by atoms with Gasteiger partial charge < -0.3 is 4.74 Å². The van der Waals surface area contributed by atoms with E-state index in [-0.39, 0.29) is 12.2 Å². The smallest absolute Gasteiger partial charge is 0.376 e. The maximum Gasteiger partial charge on any atom is 0.419 e. The van der Waals surface area contributed by atoms with Crippen LogP contribution in [0.25, 0.3) is 0 Å². The molecule has 0 bridgehead atoms. The Morgan fingerprint density at radius 3 is 2.60 bits per heavy atom. The Morgan fingerprint density at radius 2 is 1.93 bits per heavy atom. The molecule has 0 radical (unpaired) electrons. The summed E-state index contributed by atoms with van der Waals surface area (Å²) in [5.41, 5.74) is -0.574. The molecular formula is C10H8F4O. The van der Waals surface area contributed by atoms with E-state index in [9.17, 15) is 17.6 Å². The fourth-order valence-electron chi connectivity index (χ4n) is 1.63. The van der Waals surface area contributed by atoms with Crippen molar-refractivity contribution in [3.05, 3.63) is 34.6 Å². The van der Waals surface area contributed by atoms with Crippen molar-refractivity contribution in [2.75, 3.05) is 6.61 Å². The van der Waals surface area contributed by atoms with Crippen LogP contribution in [0.3, 0.4) is 0 Å². The van der Waals surface area contributed by atoms with Crippen LogP contribution < -0.4 is 0 Å². The first kappa shape index (κ1) is 10.4. The van der Waals surface area contributed by atoms with Crippen LogP contribution in [0.5, 0.6) is 0 Å². The molecule has 15 heavy (non-hydrogen) atoms. The number of ether oxygens (including phenoxy) is 1. The van der Waals surface area contributed by atoms with Crippen molar-refractivity contribution in [2.24, 2.45) is 0 Å². The number of alkyl halides is 3. The lowest BCUT2D eigenvalue weighted by molar-refractivity contribution is -0.140. The molecule has 1 aliphatic rings. The van der Waals surface area contributed by atoms with E-state index in [0.29, 0.717) is 18.6 Å². The first-order chi connectivity index (χ1) is 7.00. The second-order valence-electron chi connectivity index (χ2n) is 3.37. The van der Waals surface area contributed by atoms with Crippen LogP contribution in [0.2, 0.25) is 0 Å². The summed E-state index contributed by atoms with van der Waals surface area (Å²) in [5.74, 6) is -1.19. The monoisotopic (exact) mass is 220 g/mol. The van der Waals surface area contributed by atoms with Crippen LogP contribution in [0.4, 0.5) is 17.6 Å². The molecule has 0 N–H and O–H groups in total. The van der Waals surface area contributed by atoms with Crippen LogP contribution in [0.1, 0.15) is 16.7 Å². The summed E-state index contributed by atoms with van der Waals surface area (Å²) in [6.45, 7) is 0.350. The minimum Gasteiger partial charge on any atom is -0.376 e. The number of halogens is 4. The Kier molecular flexibility index (Phi) is 2.42. The molecule has 0 aromatic heterocycles. The summed E-state index contributed by atoms with van der Waals surface area (Å²) in [5, 5.41) is 0. The SMILES string of the molecule is Fc1c(C(F)(F)F)ccc2c1COCC2. The lowest BCUT2D eigenvalue weighted by Crippen LogP contribution is -2.16. The molecule has 0 saturated carbocycles. The Labute approximate surface area is 83.7 Å². The highest BCUT2D eigenvalue weighted by Crippen LogP contribution is 2.34. The zero-order valence-corrected chi connectivity index (χ0v) is 7.70. The molecule has 2 rings (SSSR count). The van der Waals surface area contributed by atoms with Crippen LogP contribution in [0, 0.1) is 5.82 Å². The standard InChI is InChI=1S/C10H8F4O/c11-9-7-5-15-4-3-6(7)1-2-8(9)10(12,13)14/h1-2H,3-5H2. The summed E-state index contributed by atoms with van der Waals surface area (Å²) in [4.78, 5) is 0. The Bertz CT molecular complexity index is 384. The highest BCUT2D eigenvalue weighted by atomic mass is 19.4. The van der Waals surface area contributed by atoms with Crippen molar-refractivity contribution in [3.63, 3.8) is 0 Å². The number of fused-ring (bicyclic) bond motifs is 1. The summed E-state index contributed by atoms with van der Waals surface area (Å²) < 4.78 is 55.4. The maximum absolute atomic E-state index is 13.5. The maximum atomic E-state index is 13.5. The fraction of sp³-hybridized carbons (Fsp3) is 0.400. The minimum atomic E-state index is -4.64. The molecule has 1 nitrogen and oxygen atoms in total. The quantitative estimate of drug-likeness (QED) is 0.611. The molecule has 0 unspecified atom stereocenters. The fourth-order valence-corrected chi connectivity index (χ4v) is 1.63. The zero-order chi connectivity index (χ0) is 11.1. The van der Waals surface area contributed by atoms with Crippen molar-refractivity contribution in [2.45, 2.75) is 19.2 Å². The van der Waals surface area contributed by atoms with E-state index in [2.05, 4.69) is 0 Å². The van der Waals surface area contributed by atoms with E-state index < -0.39 is 17.6 Å². The molecule has 5 heteroatoms. The van der Waals surface area contributed by atoms with Crippen molar-refractivity contribution in [1.82, 2.24) is 0 Å². The van der Waals surface area contributed by atoms with Crippen LogP contribution in [0.15, 0.2) is 12.1 Å². The van der Waals surface area contributed by atoms with Crippen molar-refractivity contribution >= 4 is 0 Å². The third kappa shape index (κ3) is 1.84. The van der Waals surface area contributed by atoms with Crippen LogP contribution in [-0.4, -0.2) is 6.61 Å². The van der Waals surface area contributed by atoms with Crippen molar-refractivity contribution in [1.29, 1.82) is 0 Å². The summed E-state index contributed by atoms with van der Waals surface area (Å²) in [6, 6.07) is 2.11. The number of rotatable bonds is 0. The van der Waals surface area contributed by atoms with Crippen molar-refractivity contribution < 1.29 is 22.3 Å². The van der Waals surface area contributed by atoms with Crippen LogP contribution >= 0.6 is 0 Å². The Balaban J connectivity index is 2.53. The first-order valence-electron chi connectivity index (χ1n) is 4.45. The average Bonchev–Trinajstić information content (AvgIpc) is 2.16. The van der Waals surface area contributed by atoms with Gasteiger partial charge in [0.1, 0.15) is 5.82 Å². The number of benzene rings is 1. The lowest BCUT2D eigenvalue weighted by atomic mass is 9.99. The normalized spacial score (nSPS) is 16.3. The molecule has 0 amide bonds. The number of hydrogen-bond acceptors (Lipinski definition) is 1. The third-order valence-corrected chi connectivity index (χ3v) is 2.41. The second kappa shape index (κ2) is 3.48. The molecule has 1 aromatic rings. The minimum absolute atomic E-state index is 0.0380. The van der Waals surface area contributed by atoms with Gasteiger partial charge in [0.25, 0.3) is 0 Å². The van der Waals surface area contributed by atoms with Gasteiger partial charge in [-0.25, -0.2) is 4.39 Å². The zero-order valence-electron chi connectivity index (χ0n) is 7.70. The van der Waals surface area contributed by atoms with Gasteiger partial charge in [-0.3, -0.25) is 0 Å². The molecule has 82 valence electrons. The summed E-state index contributed by atoms with van der Waals surface area (Å²) in [6.07, 6.45) is -4.18. The molecular weight excluding hydrogens is 212 g/mol.